The van der Waals surface area contributed by atoms with Crippen molar-refractivity contribution in [1.82, 2.24) is 5.32 Å². The van der Waals surface area contributed by atoms with Crippen molar-refractivity contribution in [2.45, 2.75) is 65.3 Å². The van der Waals surface area contributed by atoms with Gasteiger partial charge in [0.05, 0.1) is 6.61 Å². The van der Waals surface area contributed by atoms with Crippen LogP contribution in [0.3, 0.4) is 0 Å². The number of carbonyl (C=O) groups excluding carboxylic acids is 3. The van der Waals surface area contributed by atoms with E-state index in [1.165, 1.54) is 0 Å². The molecule has 2 amide bonds. The minimum Gasteiger partial charge on any atom is -0.464 e. The van der Waals surface area contributed by atoms with E-state index in [2.05, 4.69) is 10.6 Å². The van der Waals surface area contributed by atoms with Gasteiger partial charge >= 0.3 is 5.97 Å². The topological polar surface area (TPSA) is 84.5 Å². The Labute approximate surface area is 161 Å². The highest BCUT2D eigenvalue weighted by atomic mass is 16.5. The number of esters is 1. The first-order valence-corrected chi connectivity index (χ1v) is 9.59. The number of anilines is 1. The van der Waals surface area contributed by atoms with Crippen molar-refractivity contribution in [3.05, 3.63) is 29.8 Å². The zero-order chi connectivity index (χ0) is 20.1. The molecule has 1 aliphatic carbocycles. The van der Waals surface area contributed by atoms with Crippen LogP contribution in [0.15, 0.2) is 24.3 Å². The first kappa shape index (κ1) is 20.9. The third kappa shape index (κ3) is 5.31. The molecular formula is C21H30N2O4. The summed E-state index contributed by atoms with van der Waals surface area (Å²) in [4.78, 5) is 37.5. The Kier molecular flexibility index (Phi) is 6.63. The number of ether oxygens (including phenoxy) is 1. The fourth-order valence-electron chi connectivity index (χ4n) is 3.15. The average Bonchev–Trinajstić information content (AvgIpc) is 2.62. The van der Waals surface area contributed by atoms with Crippen LogP contribution in [-0.4, -0.2) is 29.9 Å². The molecule has 0 radical (unpaired) electrons. The zero-order valence-corrected chi connectivity index (χ0v) is 16.7. The van der Waals surface area contributed by atoms with E-state index in [9.17, 15) is 14.4 Å². The lowest BCUT2D eigenvalue weighted by atomic mass is 9.81. The van der Waals surface area contributed by atoms with Crippen LogP contribution in [0.1, 0.15) is 70.2 Å². The fraction of sp³-hybridized carbons (Fsp3) is 0.571. The van der Waals surface area contributed by atoms with Gasteiger partial charge in [-0.15, -0.1) is 0 Å². The minimum atomic E-state index is -0.962. The van der Waals surface area contributed by atoms with Crippen LogP contribution >= 0.6 is 0 Å². The average molecular weight is 374 g/mol. The molecule has 148 valence electrons. The predicted molar refractivity (Wildman–Crippen MR) is 104 cm³/mol. The van der Waals surface area contributed by atoms with Crippen LogP contribution in [-0.2, 0) is 14.3 Å². The first-order valence-electron chi connectivity index (χ1n) is 9.59. The normalized spacial score (nSPS) is 16.3. The second kappa shape index (κ2) is 8.55. The fourth-order valence-corrected chi connectivity index (χ4v) is 3.15. The van der Waals surface area contributed by atoms with E-state index in [1.54, 1.807) is 31.2 Å². The number of benzene rings is 1. The van der Waals surface area contributed by atoms with Gasteiger partial charge in [0.1, 0.15) is 5.54 Å². The molecule has 1 saturated carbocycles. The second-order valence-electron chi connectivity index (χ2n) is 8.10. The predicted octanol–water partition coefficient (Wildman–Crippen LogP) is 3.67. The Bertz CT molecular complexity index is 700. The Morgan fingerprint density at radius 2 is 1.78 bits per heavy atom. The SMILES string of the molecule is CCOC(=O)C1(NC(=O)c2cccc(NC(=O)C(C)(C)C)c2)CCCCC1. The highest BCUT2D eigenvalue weighted by Crippen LogP contribution is 2.30. The van der Waals surface area contributed by atoms with Crippen molar-refractivity contribution in [1.29, 1.82) is 0 Å². The molecule has 0 aromatic heterocycles. The molecule has 1 aromatic carbocycles. The Hall–Kier alpha value is -2.37. The third-order valence-corrected chi connectivity index (χ3v) is 4.79. The standard InChI is InChI=1S/C21H30N2O4/c1-5-27-19(26)21(12-7-6-8-13-21)23-17(24)15-10-9-11-16(14-15)22-18(25)20(2,3)4/h9-11,14H,5-8,12-13H2,1-4H3,(H,22,25)(H,23,24). The summed E-state index contributed by atoms with van der Waals surface area (Å²) < 4.78 is 5.22. The summed E-state index contributed by atoms with van der Waals surface area (Å²) in [6.07, 6.45) is 3.96. The van der Waals surface area contributed by atoms with Crippen LogP contribution < -0.4 is 10.6 Å². The van der Waals surface area contributed by atoms with Gasteiger partial charge in [0.2, 0.25) is 5.91 Å². The lowest BCUT2D eigenvalue weighted by Gasteiger charge is -2.35. The largest absolute Gasteiger partial charge is 0.464 e. The summed E-state index contributed by atoms with van der Waals surface area (Å²) in [5.74, 6) is -0.831. The van der Waals surface area contributed by atoms with Crippen molar-refractivity contribution >= 4 is 23.5 Å². The quantitative estimate of drug-likeness (QED) is 0.770. The highest BCUT2D eigenvalue weighted by Gasteiger charge is 2.42. The van der Waals surface area contributed by atoms with E-state index < -0.39 is 11.0 Å². The lowest BCUT2D eigenvalue weighted by molar-refractivity contribution is -0.152. The molecule has 1 fully saturated rings. The monoisotopic (exact) mass is 374 g/mol. The summed E-state index contributed by atoms with van der Waals surface area (Å²) >= 11 is 0. The van der Waals surface area contributed by atoms with Crippen LogP contribution in [0, 0.1) is 5.41 Å². The molecule has 2 rings (SSSR count). The van der Waals surface area contributed by atoms with Gasteiger partial charge in [-0.05, 0) is 38.0 Å². The Morgan fingerprint density at radius 3 is 2.37 bits per heavy atom. The van der Waals surface area contributed by atoms with Crippen LogP contribution in [0.25, 0.3) is 0 Å². The van der Waals surface area contributed by atoms with E-state index in [4.69, 9.17) is 4.74 Å². The molecule has 0 saturated heterocycles. The maximum atomic E-state index is 12.8. The Morgan fingerprint density at radius 1 is 1.11 bits per heavy atom. The summed E-state index contributed by atoms with van der Waals surface area (Å²) in [6, 6.07) is 6.75. The van der Waals surface area contributed by atoms with Crippen molar-refractivity contribution in [2.75, 3.05) is 11.9 Å². The number of rotatable bonds is 5. The summed E-state index contributed by atoms with van der Waals surface area (Å²) in [5.41, 5.74) is -0.544. The lowest BCUT2D eigenvalue weighted by Crippen LogP contribution is -2.56. The van der Waals surface area contributed by atoms with Crippen LogP contribution in [0.5, 0.6) is 0 Å². The van der Waals surface area contributed by atoms with Gasteiger partial charge in [0.25, 0.3) is 5.91 Å². The van der Waals surface area contributed by atoms with E-state index in [-0.39, 0.29) is 24.4 Å². The summed E-state index contributed by atoms with van der Waals surface area (Å²) in [5, 5.41) is 5.74. The molecule has 1 aromatic rings. The third-order valence-electron chi connectivity index (χ3n) is 4.79. The molecule has 0 spiro atoms. The van der Waals surface area contributed by atoms with E-state index in [0.29, 0.717) is 24.1 Å². The van der Waals surface area contributed by atoms with E-state index in [1.807, 2.05) is 20.8 Å². The summed E-state index contributed by atoms with van der Waals surface area (Å²) in [6.45, 7) is 7.52. The molecule has 6 heteroatoms. The molecule has 0 heterocycles. The molecule has 27 heavy (non-hydrogen) atoms. The minimum absolute atomic E-state index is 0.129. The van der Waals surface area contributed by atoms with Crippen LogP contribution in [0.4, 0.5) is 5.69 Å². The number of carbonyl (C=O) groups is 3. The van der Waals surface area contributed by atoms with E-state index >= 15 is 0 Å². The maximum absolute atomic E-state index is 12.8. The maximum Gasteiger partial charge on any atom is 0.331 e. The van der Waals surface area contributed by atoms with Crippen molar-refractivity contribution in [2.24, 2.45) is 5.41 Å². The molecular weight excluding hydrogens is 344 g/mol. The van der Waals surface area contributed by atoms with Gasteiger partial charge in [-0.25, -0.2) is 4.79 Å². The number of amides is 2. The van der Waals surface area contributed by atoms with Gasteiger partial charge in [-0.1, -0.05) is 46.1 Å². The molecule has 0 bridgehead atoms. The molecule has 0 unspecified atom stereocenters. The highest BCUT2D eigenvalue weighted by molar-refractivity contribution is 6.00. The first-order chi connectivity index (χ1) is 12.7. The smallest absolute Gasteiger partial charge is 0.331 e. The van der Waals surface area contributed by atoms with Crippen LogP contribution in [0.2, 0.25) is 0 Å². The van der Waals surface area contributed by atoms with Crippen molar-refractivity contribution in [3.63, 3.8) is 0 Å². The number of nitrogens with one attached hydrogen (secondary N) is 2. The van der Waals surface area contributed by atoms with Gasteiger partial charge in [0.15, 0.2) is 0 Å². The molecule has 2 N–H and O–H groups in total. The number of hydrogen-bond acceptors (Lipinski definition) is 4. The molecule has 6 nitrogen and oxygen atoms in total. The van der Waals surface area contributed by atoms with Gasteiger partial charge < -0.3 is 15.4 Å². The Balaban J connectivity index is 2.17. The molecule has 1 aliphatic rings. The number of hydrogen-bond donors (Lipinski definition) is 2. The zero-order valence-electron chi connectivity index (χ0n) is 16.7. The van der Waals surface area contributed by atoms with Crippen molar-refractivity contribution in [3.8, 4) is 0 Å². The molecule has 0 atom stereocenters. The van der Waals surface area contributed by atoms with E-state index in [0.717, 1.165) is 19.3 Å². The second-order valence-corrected chi connectivity index (χ2v) is 8.10. The molecule has 0 aliphatic heterocycles. The summed E-state index contributed by atoms with van der Waals surface area (Å²) in [7, 11) is 0. The van der Waals surface area contributed by atoms with Crippen molar-refractivity contribution < 1.29 is 19.1 Å². The van der Waals surface area contributed by atoms with Gasteiger partial charge in [-0.3, -0.25) is 9.59 Å². The van der Waals surface area contributed by atoms with Gasteiger partial charge in [-0.2, -0.15) is 0 Å². The van der Waals surface area contributed by atoms with Gasteiger partial charge in [0, 0.05) is 16.7 Å².